The van der Waals surface area contributed by atoms with Gasteiger partial charge in [0, 0.05) is 43.5 Å². The van der Waals surface area contributed by atoms with Crippen molar-refractivity contribution in [2.24, 2.45) is 0 Å². The first-order valence-corrected chi connectivity index (χ1v) is 9.88. The van der Waals surface area contributed by atoms with Gasteiger partial charge in [-0.2, -0.15) is 0 Å². The van der Waals surface area contributed by atoms with Gasteiger partial charge >= 0.3 is 6.97 Å². The SMILES string of the molecule is CC1=CC(C)=[N+]2C1=C(c1ccc(N(C)CCO)cc1)c1c(C)cc(C)n1[B-]2(F)F. The largest absolute Gasteiger partial charge is 0.737 e. The van der Waals surface area contributed by atoms with Gasteiger partial charge < -0.3 is 27.6 Å². The van der Waals surface area contributed by atoms with E-state index in [1.807, 2.05) is 62.2 Å². The second-order valence-corrected chi connectivity index (χ2v) is 8.03. The molecule has 4 rings (SSSR count). The molecular formula is C22H26BF2N3O. The molecule has 2 aliphatic heterocycles. The fourth-order valence-electron chi connectivity index (χ4n) is 4.73. The van der Waals surface area contributed by atoms with Crippen molar-refractivity contribution < 1.29 is 18.2 Å². The van der Waals surface area contributed by atoms with Crippen LogP contribution in [0.15, 0.2) is 47.7 Å². The summed E-state index contributed by atoms with van der Waals surface area (Å²) >= 11 is 0. The van der Waals surface area contributed by atoms with Crippen molar-refractivity contribution in [3.63, 3.8) is 0 Å². The predicted molar refractivity (Wildman–Crippen MR) is 115 cm³/mol. The van der Waals surface area contributed by atoms with E-state index in [1.165, 1.54) is 8.96 Å². The molecule has 0 atom stereocenters. The van der Waals surface area contributed by atoms with Crippen LogP contribution in [0.3, 0.4) is 0 Å². The molecule has 0 saturated heterocycles. The lowest BCUT2D eigenvalue weighted by Crippen LogP contribution is -2.51. The molecule has 3 heterocycles. The van der Waals surface area contributed by atoms with Crippen LogP contribution in [0, 0.1) is 13.8 Å². The molecule has 0 spiro atoms. The molecule has 2 aliphatic rings. The number of allylic oxidation sites excluding steroid dienone is 2. The number of aliphatic hydroxyl groups is 1. The van der Waals surface area contributed by atoms with E-state index < -0.39 is 6.97 Å². The lowest BCUT2D eigenvalue weighted by atomic mass is 9.84. The predicted octanol–water partition coefficient (Wildman–Crippen LogP) is 3.96. The van der Waals surface area contributed by atoms with E-state index >= 15 is 8.63 Å². The fraction of sp³-hybridized carbons (Fsp3) is 0.318. The molecular weight excluding hydrogens is 371 g/mol. The van der Waals surface area contributed by atoms with Crippen molar-refractivity contribution in [3.05, 3.63) is 70.2 Å². The molecule has 29 heavy (non-hydrogen) atoms. The molecule has 0 bridgehead atoms. The Hall–Kier alpha value is -2.67. The van der Waals surface area contributed by atoms with E-state index in [0.29, 0.717) is 29.3 Å². The van der Waals surface area contributed by atoms with Crippen LogP contribution < -0.4 is 4.90 Å². The summed E-state index contributed by atoms with van der Waals surface area (Å²) in [6.07, 6.45) is 1.84. The normalized spacial score (nSPS) is 17.4. The second kappa shape index (κ2) is 6.70. The summed E-state index contributed by atoms with van der Waals surface area (Å²) < 4.78 is 33.7. The summed E-state index contributed by atoms with van der Waals surface area (Å²) in [5, 5.41) is 9.17. The van der Waals surface area contributed by atoms with E-state index in [0.717, 1.165) is 28.0 Å². The molecule has 0 amide bonds. The van der Waals surface area contributed by atoms with Crippen molar-refractivity contribution in [1.29, 1.82) is 0 Å². The average molecular weight is 397 g/mol. The van der Waals surface area contributed by atoms with Crippen LogP contribution in [0.5, 0.6) is 0 Å². The third kappa shape index (κ3) is 2.79. The molecule has 2 aromatic rings. The zero-order valence-electron chi connectivity index (χ0n) is 17.5. The summed E-state index contributed by atoms with van der Waals surface area (Å²) in [4.78, 5) is 1.96. The van der Waals surface area contributed by atoms with Crippen molar-refractivity contribution in [2.75, 3.05) is 25.1 Å². The number of hydrogen-bond donors (Lipinski definition) is 1. The van der Waals surface area contributed by atoms with Gasteiger partial charge in [-0.15, -0.1) is 0 Å². The molecule has 0 saturated carbocycles. The third-order valence-corrected chi connectivity index (χ3v) is 5.97. The first-order chi connectivity index (χ1) is 13.7. The maximum Gasteiger partial charge on any atom is 0.737 e. The maximum atomic E-state index is 15.6. The summed E-state index contributed by atoms with van der Waals surface area (Å²) in [5.41, 5.74) is 6.74. The monoisotopic (exact) mass is 397 g/mol. The Morgan fingerprint density at radius 1 is 1.10 bits per heavy atom. The molecule has 0 unspecified atom stereocenters. The number of aliphatic hydroxyl groups excluding tert-OH is 1. The van der Waals surface area contributed by atoms with Crippen molar-refractivity contribution in [1.82, 2.24) is 4.48 Å². The highest BCUT2D eigenvalue weighted by molar-refractivity contribution is 6.58. The van der Waals surface area contributed by atoms with Gasteiger partial charge in [-0.25, -0.2) is 0 Å². The molecule has 0 fully saturated rings. The number of halogens is 2. The Balaban J connectivity index is 1.98. The van der Waals surface area contributed by atoms with Crippen LogP contribution in [-0.4, -0.2) is 47.0 Å². The van der Waals surface area contributed by atoms with E-state index in [1.54, 1.807) is 13.8 Å². The van der Waals surface area contributed by atoms with Crippen LogP contribution in [0.4, 0.5) is 14.3 Å². The van der Waals surface area contributed by atoms with Crippen LogP contribution >= 0.6 is 0 Å². The van der Waals surface area contributed by atoms with Crippen LogP contribution in [0.2, 0.25) is 0 Å². The smallest absolute Gasteiger partial charge is 0.395 e. The van der Waals surface area contributed by atoms with Crippen LogP contribution in [0.1, 0.15) is 36.4 Å². The van der Waals surface area contributed by atoms with Crippen LogP contribution in [-0.2, 0) is 0 Å². The van der Waals surface area contributed by atoms with Gasteiger partial charge in [0.05, 0.1) is 12.2 Å². The van der Waals surface area contributed by atoms with E-state index in [-0.39, 0.29) is 6.61 Å². The summed E-state index contributed by atoms with van der Waals surface area (Å²) in [6.45, 7) is 3.94. The average Bonchev–Trinajstić information content (AvgIpc) is 3.12. The molecule has 1 aromatic heterocycles. The molecule has 1 N–H and O–H groups in total. The molecule has 1 aromatic carbocycles. The van der Waals surface area contributed by atoms with Crippen molar-refractivity contribution in [2.45, 2.75) is 27.7 Å². The van der Waals surface area contributed by atoms with Gasteiger partial charge in [0.25, 0.3) is 0 Å². The third-order valence-electron chi connectivity index (χ3n) is 5.97. The van der Waals surface area contributed by atoms with Crippen molar-refractivity contribution >= 4 is 23.9 Å². The minimum atomic E-state index is -3.95. The Bertz CT molecular complexity index is 1090. The molecule has 7 heteroatoms. The number of benzene rings is 1. The maximum absolute atomic E-state index is 15.6. The Labute approximate surface area is 170 Å². The summed E-state index contributed by atoms with van der Waals surface area (Å²) in [7, 11) is 1.92. The topological polar surface area (TPSA) is 31.4 Å². The zero-order valence-corrected chi connectivity index (χ0v) is 17.5. The molecule has 152 valence electrons. The lowest BCUT2D eigenvalue weighted by molar-refractivity contribution is -0.363. The highest BCUT2D eigenvalue weighted by Crippen LogP contribution is 2.44. The van der Waals surface area contributed by atoms with E-state index in [4.69, 9.17) is 5.11 Å². The number of aryl methyl sites for hydroxylation is 2. The van der Waals surface area contributed by atoms with Gasteiger partial charge in [-0.3, -0.25) is 0 Å². The highest BCUT2D eigenvalue weighted by Gasteiger charge is 2.55. The first-order valence-electron chi connectivity index (χ1n) is 9.88. The number of anilines is 1. The van der Waals surface area contributed by atoms with E-state index in [9.17, 15) is 0 Å². The lowest BCUT2D eigenvalue weighted by Gasteiger charge is -2.34. The number of fused-ring (bicyclic) bond motifs is 2. The number of nitrogens with zero attached hydrogens (tertiary/aromatic N) is 3. The van der Waals surface area contributed by atoms with Crippen LogP contribution in [0.25, 0.3) is 5.57 Å². The zero-order chi connectivity index (χ0) is 21.1. The Kier molecular flexibility index (Phi) is 4.54. The molecule has 0 aliphatic carbocycles. The van der Waals surface area contributed by atoms with Gasteiger partial charge in [0.2, 0.25) is 0 Å². The highest BCUT2D eigenvalue weighted by atomic mass is 19.2. The summed E-state index contributed by atoms with van der Waals surface area (Å²) in [5.74, 6) is 0. The number of hydrogen-bond acceptors (Lipinski definition) is 2. The number of rotatable bonds is 4. The molecule has 4 nitrogen and oxygen atoms in total. The minimum absolute atomic E-state index is 0.0742. The van der Waals surface area contributed by atoms with Gasteiger partial charge in [0.1, 0.15) is 5.71 Å². The second-order valence-electron chi connectivity index (χ2n) is 8.03. The standard InChI is InChI=1S/C22H26BF2N3O/c1-14-12-16(3)27-21(14)20(18-6-8-19(9-7-18)26(5)10-11-29)22-15(2)13-17(4)28(22)23(27,24)25/h6-9,12-13,29H,10-11H2,1-5H3. The Morgan fingerprint density at radius 2 is 1.76 bits per heavy atom. The fourth-order valence-corrected chi connectivity index (χ4v) is 4.73. The number of likely N-dealkylation sites (N-methyl/N-ethyl adjacent to an activating group) is 1. The quantitative estimate of drug-likeness (QED) is 0.792. The van der Waals surface area contributed by atoms with E-state index in [2.05, 4.69) is 0 Å². The molecule has 0 radical (unpaired) electrons. The first kappa shape index (κ1) is 19.6. The van der Waals surface area contributed by atoms with Crippen molar-refractivity contribution in [3.8, 4) is 0 Å². The van der Waals surface area contributed by atoms with Gasteiger partial charge in [0.15, 0.2) is 5.70 Å². The summed E-state index contributed by atoms with van der Waals surface area (Å²) in [6, 6.07) is 9.74. The Morgan fingerprint density at radius 3 is 2.38 bits per heavy atom. The van der Waals surface area contributed by atoms with Gasteiger partial charge in [-0.1, -0.05) is 12.1 Å². The van der Waals surface area contributed by atoms with Gasteiger partial charge in [-0.05, 0) is 55.8 Å². The number of aromatic nitrogens is 1. The minimum Gasteiger partial charge on any atom is -0.395 e.